The van der Waals surface area contributed by atoms with Crippen molar-refractivity contribution >= 4 is 28.3 Å². The Balaban J connectivity index is 1.56. The number of amides is 1. The van der Waals surface area contributed by atoms with Crippen LogP contribution in [0.25, 0.3) is 0 Å². The van der Waals surface area contributed by atoms with Crippen molar-refractivity contribution in [3.63, 3.8) is 0 Å². The van der Waals surface area contributed by atoms with E-state index < -0.39 is 11.6 Å². The van der Waals surface area contributed by atoms with Gasteiger partial charge in [0.05, 0.1) is 11.3 Å². The maximum absolute atomic E-state index is 12.7. The van der Waals surface area contributed by atoms with E-state index in [0.29, 0.717) is 17.1 Å². The Morgan fingerprint density at radius 1 is 1.29 bits per heavy atom. The van der Waals surface area contributed by atoms with Gasteiger partial charge in [0.15, 0.2) is 10.7 Å². The Labute approximate surface area is 144 Å². The van der Waals surface area contributed by atoms with E-state index in [1.165, 1.54) is 22.6 Å². The molecule has 24 heavy (non-hydrogen) atoms. The average molecular weight is 342 g/mol. The van der Waals surface area contributed by atoms with Gasteiger partial charge in [-0.1, -0.05) is 18.2 Å². The zero-order valence-electron chi connectivity index (χ0n) is 13.4. The first kappa shape index (κ1) is 15.3. The van der Waals surface area contributed by atoms with Crippen LogP contribution < -0.4 is 5.32 Å². The maximum atomic E-state index is 12.7. The Kier molecular flexibility index (Phi) is 3.64. The Hall–Kier alpha value is -2.21. The highest BCUT2D eigenvalue weighted by Gasteiger charge is 2.43. The van der Waals surface area contributed by atoms with Gasteiger partial charge >= 0.3 is 5.97 Å². The van der Waals surface area contributed by atoms with Gasteiger partial charge in [0, 0.05) is 11.3 Å². The number of esters is 1. The number of hydrogen-bond acceptors (Lipinski definition) is 5. The molecule has 2 aromatic rings. The zero-order valence-corrected chi connectivity index (χ0v) is 14.2. The Bertz CT molecular complexity index is 806. The number of hydrogen-bond donors (Lipinski definition) is 1. The van der Waals surface area contributed by atoms with Gasteiger partial charge in [-0.05, 0) is 44.2 Å². The van der Waals surface area contributed by atoms with Gasteiger partial charge in [0.1, 0.15) is 0 Å². The molecule has 1 aromatic carbocycles. The molecule has 0 spiro atoms. The number of rotatable bonds is 2. The quantitative estimate of drug-likeness (QED) is 0.852. The summed E-state index contributed by atoms with van der Waals surface area (Å²) in [6.07, 6.45) is 4.70. The number of fused-ring (bicyclic) bond motifs is 2. The Morgan fingerprint density at radius 2 is 2.08 bits per heavy atom. The summed E-state index contributed by atoms with van der Waals surface area (Å²) < 4.78 is 5.46. The molecule has 0 fully saturated rings. The van der Waals surface area contributed by atoms with Crippen molar-refractivity contribution < 1.29 is 14.3 Å². The van der Waals surface area contributed by atoms with Crippen LogP contribution in [0.2, 0.25) is 0 Å². The fraction of sp³-hybridized carbons (Fsp3) is 0.389. The third-order valence-corrected chi connectivity index (χ3v) is 5.70. The van der Waals surface area contributed by atoms with Gasteiger partial charge in [0.25, 0.3) is 5.91 Å². The van der Waals surface area contributed by atoms with Crippen molar-refractivity contribution in [3.8, 4) is 0 Å². The van der Waals surface area contributed by atoms with E-state index in [2.05, 4.69) is 10.3 Å². The molecule has 1 N–H and O–H groups in total. The minimum Gasteiger partial charge on any atom is -0.445 e. The van der Waals surface area contributed by atoms with Crippen molar-refractivity contribution in [2.24, 2.45) is 0 Å². The first-order valence-electron chi connectivity index (χ1n) is 8.16. The molecule has 0 radical (unpaired) electrons. The largest absolute Gasteiger partial charge is 0.445 e. The van der Waals surface area contributed by atoms with Gasteiger partial charge in [-0.25, -0.2) is 9.78 Å². The lowest BCUT2D eigenvalue weighted by molar-refractivity contribution is -0.134. The molecular weight excluding hydrogens is 324 g/mol. The molecule has 0 bridgehead atoms. The van der Waals surface area contributed by atoms with Gasteiger partial charge in [-0.2, -0.15) is 0 Å². The van der Waals surface area contributed by atoms with Crippen molar-refractivity contribution in [1.29, 1.82) is 0 Å². The van der Waals surface area contributed by atoms with E-state index in [1.807, 2.05) is 12.1 Å². The highest BCUT2D eigenvalue weighted by molar-refractivity contribution is 7.15. The number of thiazole rings is 1. The smallest absolute Gasteiger partial charge is 0.339 e. The van der Waals surface area contributed by atoms with Gasteiger partial charge in [-0.15, -0.1) is 11.3 Å². The fourth-order valence-electron chi connectivity index (χ4n) is 3.29. The molecule has 1 unspecified atom stereocenters. The van der Waals surface area contributed by atoms with Crippen molar-refractivity contribution in [2.45, 2.75) is 44.6 Å². The molecule has 1 aliphatic carbocycles. The molecule has 0 saturated heterocycles. The van der Waals surface area contributed by atoms with Crippen LogP contribution in [0.5, 0.6) is 0 Å². The van der Waals surface area contributed by atoms with E-state index in [4.69, 9.17) is 4.74 Å². The SMILES string of the molecule is CC1(C(=O)Nc2nc3c(s2)CCCC3)Cc2ccccc2C(=O)O1. The molecule has 2 aliphatic rings. The zero-order chi connectivity index (χ0) is 16.7. The van der Waals surface area contributed by atoms with Gasteiger partial charge < -0.3 is 4.74 Å². The number of carbonyl (C=O) groups is 2. The van der Waals surface area contributed by atoms with Crippen molar-refractivity contribution in [1.82, 2.24) is 4.98 Å². The van der Waals surface area contributed by atoms with Crippen LogP contribution in [0.15, 0.2) is 24.3 Å². The second-order valence-electron chi connectivity index (χ2n) is 6.50. The maximum Gasteiger partial charge on any atom is 0.339 e. The molecule has 4 rings (SSSR count). The molecule has 0 saturated carbocycles. The molecule has 5 nitrogen and oxygen atoms in total. The van der Waals surface area contributed by atoms with Gasteiger partial charge in [-0.3, -0.25) is 10.1 Å². The summed E-state index contributed by atoms with van der Waals surface area (Å²) in [5.41, 5.74) is 1.26. The predicted molar refractivity (Wildman–Crippen MR) is 91.4 cm³/mol. The highest BCUT2D eigenvalue weighted by Crippen LogP contribution is 2.32. The molecule has 1 aromatic heterocycles. The molecule has 1 amide bonds. The van der Waals surface area contributed by atoms with Crippen LogP contribution in [-0.4, -0.2) is 22.5 Å². The summed E-state index contributed by atoms with van der Waals surface area (Å²) in [4.78, 5) is 30.7. The van der Waals surface area contributed by atoms with Crippen LogP contribution in [-0.2, 0) is 28.8 Å². The molecule has 6 heteroatoms. The fourth-order valence-corrected chi connectivity index (χ4v) is 4.34. The second-order valence-corrected chi connectivity index (χ2v) is 7.59. The summed E-state index contributed by atoms with van der Waals surface area (Å²) >= 11 is 1.53. The number of cyclic esters (lactones) is 1. The van der Waals surface area contributed by atoms with Crippen LogP contribution in [0.1, 0.15) is 46.3 Å². The summed E-state index contributed by atoms with van der Waals surface area (Å²) in [6.45, 7) is 1.66. The van der Waals surface area contributed by atoms with Crippen molar-refractivity contribution in [2.75, 3.05) is 5.32 Å². The monoisotopic (exact) mass is 342 g/mol. The van der Waals surface area contributed by atoms with E-state index >= 15 is 0 Å². The molecule has 2 heterocycles. The van der Waals surface area contributed by atoms with Crippen molar-refractivity contribution in [3.05, 3.63) is 46.0 Å². The normalized spacial score (nSPS) is 22.3. The number of aromatic nitrogens is 1. The highest BCUT2D eigenvalue weighted by atomic mass is 32.1. The number of anilines is 1. The number of nitrogens with zero attached hydrogens (tertiary/aromatic N) is 1. The van der Waals surface area contributed by atoms with E-state index in [-0.39, 0.29) is 5.91 Å². The minimum absolute atomic E-state index is 0.323. The van der Waals surface area contributed by atoms with Crippen LogP contribution >= 0.6 is 11.3 Å². The average Bonchev–Trinajstić information content (AvgIpc) is 2.97. The summed E-state index contributed by atoms with van der Waals surface area (Å²) in [7, 11) is 0. The van der Waals surface area contributed by atoms with E-state index in [9.17, 15) is 9.59 Å². The van der Waals surface area contributed by atoms with E-state index in [0.717, 1.165) is 30.5 Å². The molecule has 1 aliphatic heterocycles. The summed E-state index contributed by atoms with van der Waals surface area (Å²) in [5, 5.41) is 3.45. The number of benzene rings is 1. The summed E-state index contributed by atoms with van der Waals surface area (Å²) in [6, 6.07) is 7.25. The number of nitrogens with one attached hydrogen (secondary N) is 1. The predicted octanol–water partition coefficient (Wildman–Crippen LogP) is 3.13. The molecule has 124 valence electrons. The van der Waals surface area contributed by atoms with Crippen LogP contribution in [0, 0.1) is 0 Å². The Morgan fingerprint density at radius 3 is 2.92 bits per heavy atom. The molecule has 1 atom stereocenters. The topological polar surface area (TPSA) is 68.3 Å². The third-order valence-electron chi connectivity index (χ3n) is 4.63. The van der Waals surface area contributed by atoms with E-state index in [1.54, 1.807) is 19.1 Å². The lowest BCUT2D eigenvalue weighted by atomic mass is 9.89. The first-order chi connectivity index (χ1) is 11.5. The number of aryl methyl sites for hydroxylation is 2. The van der Waals surface area contributed by atoms with Crippen LogP contribution in [0.3, 0.4) is 0 Å². The van der Waals surface area contributed by atoms with Gasteiger partial charge in [0.2, 0.25) is 0 Å². The lowest BCUT2D eigenvalue weighted by Crippen LogP contribution is -2.48. The minimum atomic E-state index is -1.21. The third kappa shape index (κ3) is 2.60. The molecular formula is C18H18N2O3S. The second kappa shape index (κ2) is 5.70. The number of ether oxygens (including phenoxy) is 1. The summed E-state index contributed by atoms with van der Waals surface area (Å²) in [5.74, 6) is -0.774. The lowest BCUT2D eigenvalue weighted by Gasteiger charge is -2.32. The standard InChI is InChI=1S/C18H18N2O3S/c1-18(10-11-6-2-3-7-12(11)15(21)23-18)16(22)20-17-19-13-8-4-5-9-14(13)24-17/h2-3,6-7H,4-5,8-10H2,1H3,(H,19,20,22). The van der Waals surface area contributed by atoms with Crippen LogP contribution in [0.4, 0.5) is 5.13 Å². The first-order valence-corrected chi connectivity index (χ1v) is 8.98. The number of carbonyl (C=O) groups excluding carboxylic acids is 2.